The number of carbonyl (C=O) groups excluding carboxylic acids is 1. The molecule has 0 saturated heterocycles. The largest absolute Gasteiger partial charge is 0.493 e. The summed E-state index contributed by atoms with van der Waals surface area (Å²) in [6.07, 6.45) is 4.15. The number of imidazole rings is 1. The summed E-state index contributed by atoms with van der Waals surface area (Å²) in [5.41, 5.74) is 5.01. The average Bonchev–Trinajstić information content (AvgIpc) is 3.23. The van der Waals surface area contributed by atoms with E-state index >= 15 is 0 Å². The molecular weight excluding hydrogens is 392 g/mol. The van der Waals surface area contributed by atoms with E-state index in [1.54, 1.807) is 26.7 Å². The Bertz CT molecular complexity index is 1230. The maximum absolute atomic E-state index is 12.9. The number of rotatable bonds is 7. The molecule has 0 spiro atoms. The lowest BCUT2D eigenvalue weighted by Crippen LogP contribution is -2.26. The number of fused-ring (bicyclic) bond motifs is 1. The van der Waals surface area contributed by atoms with Crippen molar-refractivity contribution in [1.29, 1.82) is 0 Å². The van der Waals surface area contributed by atoms with Crippen molar-refractivity contribution in [2.24, 2.45) is 0 Å². The summed E-state index contributed by atoms with van der Waals surface area (Å²) in [6.45, 7) is 2.45. The second-order valence-electron chi connectivity index (χ2n) is 7.11. The molecule has 1 N–H and O–H groups in total. The van der Waals surface area contributed by atoms with Gasteiger partial charge in [0, 0.05) is 18.3 Å². The van der Waals surface area contributed by atoms with Crippen molar-refractivity contribution in [3.63, 3.8) is 0 Å². The monoisotopic (exact) mass is 416 g/mol. The van der Waals surface area contributed by atoms with E-state index in [0.29, 0.717) is 30.0 Å². The number of amides is 1. The molecule has 7 nitrogen and oxygen atoms in total. The predicted molar refractivity (Wildman–Crippen MR) is 119 cm³/mol. The van der Waals surface area contributed by atoms with E-state index in [1.165, 1.54) is 0 Å². The van der Waals surface area contributed by atoms with E-state index in [4.69, 9.17) is 9.47 Å². The number of nitrogens with zero attached hydrogens (tertiary/aromatic N) is 3. The molecule has 4 rings (SSSR count). The third kappa shape index (κ3) is 4.07. The van der Waals surface area contributed by atoms with Crippen LogP contribution in [0.2, 0.25) is 0 Å². The predicted octanol–water partition coefficient (Wildman–Crippen LogP) is 3.72. The van der Waals surface area contributed by atoms with Crippen molar-refractivity contribution < 1.29 is 14.3 Å². The molecule has 0 aliphatic rings. The van der Waals surface area contributed by atoms with Crippen LogP contribution in [0, 0.1) is 6.92 Å². The van der Waals surface area contributed by atoms with Crippen LogP contribution in [0.5, 0.6) is 11.5 Å². The van der Waals surface area contributed by atoms with Crippen molar-refractivity contribution in [2.45, 2.75) is 13.3 Å². The molecule has 4 aromatic rings. The molecule has 7 heteroatoms. The molecule has 0 fully saturated rings. The van der Waals surface area contributed by atoms with Crippen LogP contribution in [-0.2, 0) is 6.42 Å². The molecule has 0 aliphatic carbocycles. The van der Waals surface area contributed by atoms with Gasteiger partial charge in [0.25, 0.3) is 5.91 Å². The van der Waals surface area contributed by atoms with Gasteiger partial charge in [0.1, 0.15) is 11.8 Å². The standard InChI is InChI=1S/C24H24N4O3/c1-16-18(6-4-8-20(16)28-15-27-19-7-5-12-25-23(19)28)24(29)26-13-11-17-9-10-21(30-2)22(14-17)31-3/h4-10,12,14-15H,11,13H2,1-3H3,(H,26,29). The Labute approximate surface area is 180 Å². The summed E-state index contributed by atoms with van der Waals surface area (Å²) in [5, 5.41) is 3.01. The molecule has 2 aromatic heterocycles. The van der Waals surface area contributed by atoms with Crippen molar-refractivity contribution >= 4 is 17.1 Å². The number of hydrogen-bond donors (Lipinski definition) is 1. The van der Waals surface area contributed by atoms with Gasteiger partial charge in [-0.3, -0.25) is 9.36 Å². The third-order valence-electron chi connectivity index (χ3n) is 5.26. The van der Waals surface area contributed by atoms with E-state index in [1.807, 2.05) is 60.0 Å². The molecule has 2 heterocycles. The molecule has 0 atom stereocenters. The molecule has 158 valence electrons. The van der Waals surface area contributed by atoms with Crippen LogP contribution in [0.3, 0.4) is 0 Å². The van der Waals surface area contributed by atoms with Gasteiger partial charge in [-0.25, -0.2) is 9.97 Å². The van der Waals surface area contributed by atoms with Crippen LogP contribution >= 0.6 is 0 Å². The molecule has 0 saturated carbocycles. The van der Waals surface area contributed by atoms with Gasteiger partial charge in [0.05, 0.1) is 19.9 Å². The zero-order valence-electron chi connectivity index (χ0n) is 17.8. The Hall–Kier alpha value is -3.87. The lowest BCUT2D eigenvalue weighted by atomic mass is 10.1. The van der Waals surface area contributed by atoms with Crippen LogP contribution in [0.1, 0.15) is 21.5 Å². The Balaban J connectivity index is 1.49. The Morgan fingerprint density at radius 3 is 2.68 bits per heavy atom. The number of methoxy groups -OCH3 is 2. The summed E-state index contributed by atoms with van der Waals surface area (Å²) < 4.78 is 12.5. The summed E-state index contributed by atoms with van der Waals surface area (Å²) >= 11 is 0. The highest BCUT2D eigenvalue weighted by Crippen LogP contribution is 2.27. The summed E-state index contributed by atoms with van der Waals surface area (Å²) in [6, 6.07) is 15.2. The lowest BCUT2D eigenvalue weighted by molar-refractivity contribution is 0.0953. The second-order valence-corrected chi connectivity index (χ2v) is 7.11. The number of carbonyl (C=O) groups is 1. The zero-order chi connectivity index (χ0) is 21.8. The minimum Gasteiger partial charge on any atom is -0.493 e. The van der Waals surface area contributed by atoms with E-state index in [2.05, 4.69) is 15.3 Å². The van der Waals surface area contributed by atoms with Crippen molar-refractivity contribution in [3.8, 4) is 17.2 Å². The summed E-state index contributed by atoms with van der Waals surface area (Å²) in [7, 11) is 3.22. The van der Waals surface area contributed by atoms with Crippen LogP contribution in [0.4, 0.5) is 0 Å². The number of pyridine rings is 1. The fourth-order valence-corrected chi connectivity index (χ4v) is 3.61. The van der Waals surface area contributed by atoms with Crippen LogP contribution in [0.25, 0.3) is 16.9 Å². The normalized spacial score (nSPS) is 10.8. The first-order chi connectivity index (χ1) is 15.1. The molecule has 2 aromatic carbocycles. The number of ether oxygens (including phenoxy) is 2. The molecule has 31 heavy (non-hydrogen) atoms. The van der Waals surface area contributed by atoms with Gasteiger partial charge >= 0.3 is 0 Å². The highest BCUT2D eigenvalue weighted by molar-refractivity contribution is 5.96. The molecule has 0 bridgehead atoms. The number of benzene rings is 2. The van der Waals surface area contributed by atoms with E-state index in [9.17, 15) is 4.79 Å². The van der Waals surface area contributed by atoms with Gasteiger partial charge in [-0.05, 0) is 60.9 Å². The molecule has 0 unspecified atom stereocenters. The van der Waals surface area contributed by atoms with Gasteiger partial charge in [-0.15, -0.1) is 0 Å². The number of nitrogens with one attached hydrogen (secondary N) is 1. The fraction of sp³-hybridized carbons (Fsp3) is 0.208. The van der Waals surface area contributed by atoms with Crippen LogP contribution in [0.15, 0.2) is 61.1 Å². The van der Waals surface area contributed by atoms with Gasteiger partial charge in [0.2, 0.25) is 0 Å². The number of aromatic nitrogens is 3. The van der Waals surface area contributed by atoms with Crippen LogP contribution in [-0.4, -0.2) is 41.2 Å². The second kappa shape index (κ2) is 8.87. The molecule has 0 radical (unpaired) electrons. The average molecular weight is 416 g/mol. The van der Waals surface area contributed by atoms with Gasteiger partial charge < -0.3 is 14.8 Å². The van der Waals surface area contributed by atoms with Gasteiger partial charge in [-0.1, -0.05) is 12.1 Å². The SMILES string of the molecule is COc1ccc(CCNC(=O)c2cccc(-n3cnc4cccnc43)c2C)cc1OC. The van der Waals surface area contributed by atoms with E-state index < -0.39 is 0 Å². The quantitative estimate of drug-likeness (QED) is 0.497. The van der Waals surface area contributed by atoms with E-state index in [-0.39, 0.29) is 5.91 Å². The first-order valence-corrected chi connectivity index (χ1v) is 9.99. The Morgan fingerprint density at radius 1 is 1.03 bits per heavy atom. The first kappa shape index (κ1) is 20.4. The molecular formula is C24H24N4O3. The lowest BCUT2D eigenvalue weighted by Gasteiger charge is -2.13. The summed E-state index contributed by atoms with van der Waals surface area (Å²) in [5.74, 6) is 1.25. The minimum absolute atomic E-state index is 0.114. The van der Waals surface area contributed by atoms with Crippen LogP contribution < -0.4 is 14.8 Å². The fourth-order valence-electron chi connectivity index (χ4n) is 3.61. The highest BCUT2D eigenvalue weighted by Gasteiger charge is 2.14. The maximum Gasteiger partial charge on any atom is 0.251 e. The number of hydrogen-bond acceptors (Lipinski definition) is 5. The van der Waals surface area contributed by atoms with Crippen molar-refractivity contribution in [3.05, 3.63) is 77.7 Å². The molecule has 1 amide bonds. The summed E-state index contributed by atoms with van der Waals surface area (Å²) in [4.78, 5) is 21.7. The zero-order valence-corrected chi connectivity index (χ0v) is 17.8. The molecule has 0 aliphatic heterocycles. The highest BCUT2D eigenvalue weighted by atomic mass is 16.5. The topological polar surface area (TPSA) is 78.3 Å². The third-order valence-corrected chi connectivity index (χ3v) is 5.26. The minimum atomic E-state index is -0.114. The Morgan fingerprint density at radius 2 is 1.87 bits per heavy atom. The van der Waals surface area contributed by atoms with Gasteiger partial charge in [-0.2, -0.15) is 0 Å². The van der Waals surface area contributed by atoms with Gasteiger partial charge in [0.15, 0.2) is 17.1 Å². The maximum atomic E-state index is 12.9. The van der Waals surface area contributed by atoms with Crippen molar-refractivity contribution in [1.82, 2.24) is 19.9 Å². The van der Waals surface area contributed by atoms with E-state index in [0.717, 1.165) is 28.0 Å². The Kier molecular flexibility index (Phi) is 5.84. The van der Waals surface area contributed by atoms with Crippen molar-refractivity contribution in [2.75, 3.05) is 20.8 Å². The first-order valence-electron chi connectivity index (χ1n) is 9.99. The smallest absolute Gasteiger partial charge is 0.251 e.